The molecule has 0 atom stereocenters. The molecular weight excluding hydrogens is 233 g/mol. The van der Waals surface area contributed by atoms with E-state index >= 15 is 0 Å². The van der Waals surface area contributed by atoms with Crippen LogP contribution in [0.25, 0.3) is 0 Å². The molecule has 96 valence electrons. The van der Waals surface area contributed by atoms with Gasteiger partial charge in [-0.1, -0.05) is 0 Å². The quantitative estimate of drug-likeness (QED) is 0.886. The SMILES string of the molecule is CC(C)n1ncnc1CNC1(C(F)(F)F)CC1. The van der Waals surface area contributed by atoms with Gasteiger partial charge in [0.25, 0.3) is 0 Å². The molecule has 0 spiro atoms. The van der Waals surface area contributed by atoms with Crippen molar-refractivity contribution in [3.8, 4) is 0 Å². The lowest BCUT2D eigenvalue weighted by atomic mass is 10.2. The number of hydrogen-bond acceptors (Lipinski definition) is 3. The van der Waals surface area contributed by atoms with Gasteiger partial charge in [0, 0.05) is 6.04 Å². The lowest BCUT2D eigenvalue weighted by molar-refractivity contribution is -0.166. The van der Waals surface area contributed by atoms with E-state index in [1.54, 1.807) is 4.68 Å². The Morgan fingerprint density at radius 3 is 2.59 bits per heavy atom. The van der Waals surface area contributed by atoms with Crippen LogP contribution in [0.2, 0.25) is 0 Å². The van der Waals surface area contributed by atoms with Crippen LogP contribution in [-0.4, -0.2) is 26.5 Å². The Kier molecular flexibility index (Phi) is 2.89. The summed E-state index contributed by atoms with van der Waals surface area (Å²) in [7, 11) is 0. The van der Waals surface area contributed by atoms with E-state index < -0.39 is 11.7 Å². The van der Waals surface area contributed by atoms with Crippen LogP contribution in [0.15, 0.2) is 6.33 Å². The molecule has 1 aromatic heterocycles. The Bertz CT molecular complexity index is 393. The molecule has 1 heterocycles. The second kappa shape index (κ2) is 3.97. The molecule has 0 radical (unpaired) electrons. The number of halogens is 3. The van der Waals surface area contributed by atoms with E-state index in [1.807, 2.05) is 13.8 Å². The second-order valence-corrected chi connectivity index (χ2v) is 4.65. The summed E-state index contributed by atoms with van der Waals surface area (Å²) in [6.45, 7) is 3.92. The molecule has 0 saturated heterocycles. The van der Waals surface area contributed by atoms with Crippen molar-refractivity contribution in [2.24, 2.45) is 0 Å². The maximum atomic E-state index is 12.7. The van der Waals surface area contributed by atoms with Crippen molar-refractivity contribution in [1.82, 2.24) is 20.1 Å². The van der Waals surface area contributed by atoms with Crippen molar-refractivity contribution in [2.75, 3.05) is 0 Å². The highest BCUT2D eigenvalue weighted by Gasteiger charge is 2.63. The van der Waals surface area contributed by atoms with Crippen molar-refractivity contribution in [3.05, 3.63) is 12.2 Å². The summed E-state index contributed by atoms with van der Waals surface area (Å²) in [4.78, 5) is 3.97. The molecule has 1 saturated carbocycles. The summed E-state index contributed by atoms with van der Waals surface area (Å²) in [5.41, 5.74) is -1.69. The zero-order valence-electron chi connectivity index (χ0n) is 9.75. The molecule has 0 amide bonds. The van der Waals surface area contributed by atoms with Gasteiger partial charge >= 0.3 is 6.18 Å². The number of aromatic nitrogens is 3. The van der Waals surface area contributed by atoms with E-state index in [2.05, 4.69) is 15.4 Å². The van der Waals surface area contributed by atoms with Gasteiger partial charge in [0.1, 0.15) is 17.7 Å². The molecule has 4 nitrogen and oxygen atoms in total. The molecule has 1 aromatic rings. The van der Waals surface area contributed by atoms with Crippen molar-refractivity contribution in [1.29, 1.82) is 0 Å². The van der Waals surface area contributed by atoms with E-state index in [9.17, 15) is 13.2 Å². The van der Waals surface area contributed by atoms with Crippen molar-refractivity contribution < 1.29 is 13.2 Å². The van der Waals surface area contributed by atoms with Gasteiger partial charge < -0.3 is 0 Å². The van der Waals surface area contributed by atoms with Crippen LogP contribution in [0.1, 0.15) is 38.6 Å². The number of hydrogen-bond donors (Lipinski definition) is 1. The fourth-order valence-corrected chi connectivity index (χ4v) is 1.77. The van der Waals surface area contributed by atoms with Crippen LogP contribution in [0.4, 0.5) is 13.2 Å². The maximum Gasteiger partial charge on any atom is 0.406 e. The minimum absolute atomic E-state index is 0.0929. The molecule has 0 aromatic carbocycles. The summed E-state index contributed by atoms with van der Waals surface area (Å²) < 4.78 is 39.7. The fourth-order valence-electron chi connectivity index (χ4n) is 1.77. The standard InChI is InChI=1S/C10H15F3N4/c1-7(2)17-8(14-6-16-17)5-15-9(3-4-9)10(11,12)13/h6-7,15H,3-5H2,1-2H3. The smallest absolute Gasteiger partial charge is 0.296 e. The number of alkyl halides is 3. The number of nitrogens with zero attached hydrogens (tertiary/aromatic N) is 3. The highest BCUT2D eigenvalue weighted by atomic mass is 19.4. The minimum Gasteiger partial charge on any atom is -0.296 e. The molecule has 1 aliphatic carbocycles. The molecule has 1 aliphatic rings. The second-order valence-electron chi connectivity index (χ2n) is 4.65. The van der Waals surface area contributed by atoms with Gasteiger partial charge in [-0.25, -0.2) is 9.67 Å². The molecule has 0 unspecified atom stereocenters. The predicted octanol–water partition coefficient (Wildman–Crippen LogP) is 2.04. The van der Waals surface area contributed by atoms with E-state index in [-0.39, 0.29) is 25.4 Å². The van der Waals surface area contributed by atoms with Crippen molar-refractivity contribution >= 4 is 0 Å². The number of rotatable bonds is 4. The monoisotopic (exact) mass is 248 g/mol. The Morgan fingerprint density at radius 1 is 1.47 bits per heavy atom. The summed E-state index contributed by atoms with van der Waals surface area (Å²) in [5, 5.41) is 6.54. The first-order valence-electron chi connectivity index (χ1n) is 5.56. The van der Waals surface area contributed by atoms with Gasteiger partial charge in [-0.3, -0.25) is 5.32 Å². The van der Waals surface area contributed by atoms with E-state index in [1.165, 1.54) is 6.33 Å². The molecule has 7 heteroatoms. The third-order valence-corrected chi connectivity index (χ3v) is 3.01. The maximum absolute atomic E-state index is 12.7. The van der Waals surface area contributed by atoms with Gasteiger partial charge in [0.15, 0.2) is 0 Å². The largest absolute Gasteiger partial charge is 0.406 e. The first-order chi connectivity index (χ1) is 7.86. The van der Waals surface area contributed by atoms with Gasteiger partial charge in [0.05, 0.1) is 6.54 Å². The topological polar surface area (TPSA) is 42.7 Å². The van der Waals surface area contributed by atoms with Crippen LogP contribution < -0.4 is 5.32 Å². The van der Waals surface area contributed by atoms with Crippen LogP contribution in [0, 0.1) is 0 Å². The zero-order chi connectivity index (χ0) is 12.7. The van der Waals surface area contributed by atoms with Crippen molar-refractivity contribution in [3.63, 3.8) is 0 Å². The summed E-state index contributed by atoms with van der Waals surface area (Å²) in [5.74, 6) is 0.538. The van der Waals surface area contributed by atoms with Crippen molar-refractivity contribution in [2.45, 2.75) is 51.0 Å². The highest BCUT2D eigenvalue weighted by molar-refractivity contribution is 5.08. The predicted molar refractivity (Wildman–Crippen MR) is 55.3 cm³/mol. The van der Waals surface area contributed by atoms with Gasteiger partial charge in [0.2, 0.25) is 0 Å². The third kappa shape index (κ3) is 2.29. The number of nitrogens with one attached hydrogen (secondary N) is 1. The first kappa shape index (κ1) is 12.3. The van der Waals surface area contributed by atoms with Gasteiger partial charge in [-0.2, -0.15) is 18.3 Å². The fraction of sp³-hybridized carbons (Fsp3) is 0.800. The first-order valence-corrected chi connectivity index (χ1v) is 5.56. The average molecular weight is 248 g/mol. The zero-order valence-corrected chi connectivity index (χ0v) is 9.75. The Hall–Kier alpha value is -1.11. The lowest BCUT2D eigenvalue weighted by Crippen LogP contribution is -2.44. The lowest BCUT2D eigenvalue weighted by Gasteiger charge is -2.20. The average Bonchev–Trinajstić information content (AvgIpc) is 2.86. The van der Waals surface area contributed by atoms with E-state index in [4.69, 9.17) is 0 Å². The summed E-state index contributed by atoms with van der Waals surface area (Å²) in [6.07, 6.45) is -2.53. The summed E-state index contributed by atoms with van der Waals surface area (Å²) in [6, 6.07) is 0.0929. The van der Waals surface area contributed by atoms with E-state index in [0.717, 1.165) is 0 Å². The minimum atomic E-state index is -4.18. The molecular formula is C10H15F3N4. The molecule has 1 N–H and O–H groups in total. The van der Waals surface area contributed by atoms with Crippen LogP contribution in [0.5, 0.6) is 0 Å². The Balaban J connectivity index is 2.01. The van der Waals surface area contributed by atoms with Crippen LogP contribution in [0.3, 0.4) is 0 Å². The Labute approximate surface area is 97.2 Å². The molecule has 0 bridgehead atoms. The Morgan fingerprint density at radius 2 is 2.12 bits per heavy atom. The van der Waals surface area contributed by atoms with Crippen LogP contribution >= 0.6 is 0 Å². The third-order valence-electron chi connectivity index (χ3n) is 3.01. The van der Waals surface area contributed by atoms with Gasteiger partial charge in [-0.15, -0.1) is 0 Å². The normalized spacial score (nSPS) is 18.7. The van der Waals surface area contributed by atoms with E-state index in [0.29, 0.717) is 5.82 Å². The molecule has 2 rings (SSSR count). The van der Waals surface area contributed by atoms with Crippen LogP contribution in [-0.2, 0) is 6.54 Å². The molecule has 0 aliphatic heterocycles. The molecule has 17 heavy (non-hydrogen) atoms. The van der Waals surface area contributed by atoms with Gasteiger partial charge in [-0.05, 0) is 26.7 Å². The molecule has 1 fully saturated rings. The summed E-state index contributed by atoms with van der Waals surface area (Å²) >= 11 is 0. The highest BCUT2D eigenvalue weighted by Crippen LogP contribution is 2.48.